The quantitative estimate of drug-likeness (QED) is 0.327. The maximum atomic E-state index is 14.1. The number of carbonyl (C=O) groups is 3. The molecule has 0 saturated heterocycles. The lowest BCUT2D eigenvalue weighted by molar-refractivity contribution is -0.129. The van der Waals surface area contributed by atoms with E-state index in [0.717, 1.165) is 74.6 Å². The molecule has 6 rings (SSSR count). The third-order valence-corrected chi connectivity index (χ3v) is 12.9. The van der Waals surface area contributed by atoms with Crippen LogP contribution in [0.25, 0.3) is 0 Å². The van der Waals surface area contributed by atoms with Gasteiger partial charge in [0.1, 0.15) is 5.00 Å². The number of hydrogen-bond donors (Lipinski definition) is 1. The second kappa shape index (κ2) is 13.4. The number of aromatic nitrogens is 2. The van der Waals surface area contributed by atoms with Crippen LogP contribution in [0.15, 0.2) is 35.2 Å². The number of nitrogens with zero attached hydrogens (tertiary/aromatic N) is 4. The van der Waals surface area contributed by atoms with Crippen LogP contribution in [0.5, 0.6) is 0 Å². The lowest BCUT2D eigenvalue weighted by Crippen LogP contribution is -2.48. The standard InChI is InChI=1S/C34H43N5O5S2/c1-22-20-23(2)38(36-22)34(42)31-29-18-19-37(24(3)40)21-30(29)45-33(31)35-32(41)25-14-16-28(17-15-25)46(43,44)39(26-10-6-4-7-11-26)27-12-8-5-9-13-27/h14-17,20,26-27H,4-13,18-19,21H2,1-3H3,(H,35,41). The number of benzene rings is 1. The lowest BCUT2D eigenvalue weighted by atomic mass is 9.91. The van der Waals surface area contributed by atoms with E-state index in [1.807, 2.05) is 24.2 Å². The van der Waals surface area contributed by atoms with Gasteiger partial charge in [0.25, 0.3) is 11.8 Å². The maximum absolute atomic E-state index is 14.1. The summed E-state index contributed by atoms with van der Waals surface area (Å²) in [5.41, 5.74) is 2.90. The van der Waals surface area contributed by atoms with Crippen LogP contribution in [0.3, 0.4) is 0 Å². The van der Waals surface area contributed by atoms with Crippen LogP contribution in [0.4, 0.5) is 5.00 Å². The summed E-state index contributed by atoms with van der Waals surface area (Å²) in [4.78, 5) is 42.4. The number of hydrogen-bond acceptors (Lipinski definition) is 7. The predicted octanol–water partition coefficient (Wildman–Crippen LogP) is 6.06. The van der Waals surface area contributed by atoms with Gasteiger partial charge in [-0.05, 0) is 81.8 Å². The largest absolute Gasteiger partial charge is 0.337 e. The first-order valence-electron chi connectivity index (χ1n) is 16.5. The van der Waals surface area contributed by atoms with Gasteiger partial charge in [0, 0.05) is 41.7 Å². The summed E-state index contributed by atoms with van der Waals surface area (Å²) in [5.74, 6) is -0.817. The maximum Gasteiger partial charge on any atom is 0.281 e. The molecule has 3 aromatic rings. The van der Waals surface area contributed by atoms with Crippen molar-refractivity contribution in [3.8, 4) is 0 Å². The van der Waals surface area contributed by atoms with E-state index in [1.54, 1.807) is 17.0 Å². The van der Waals surface area contributed by atoms with Crippen molar-refractivity contribution in [2.45, 2.75) is 115 Å². The number of carbonyl (C=O) groups excluding carboxylic acids is 3. The van der Waals surface area contributed by atoms with Gasteiger partial charge >= 0.3 is 0 Å². The zero-order valence-corrected chi connectivity index (χ0v) is 28.5. The summed E-state index contributed by atoms with van der Waals surface area (Å²) in [5, 5.41) is 7.73. The molecule has 0 radical (unpaired) electrons. The Morgan fingerprint density at radius 2 is 1.54 bits per heavy atom. The van der Waals surface area contributed by atoms with Gasteiger partial charge in [-0.2, -0.15) is 9.40 Å². The van der Waals surface area contributed by atoms with E-state index in [0.29, 0.717) is 47.0 Å². The molecule has 0 spiro atoms. The van der Waals surface area contributed by atoms with Gasteiger partial charge in [-0.25, -0.2) is 13.1 Å². The monoisotopic (exact) mass is 665 g/mol. The zero-order valence-electron chi connectivity index (χ0n) is 26.9. The third-order valence-electron chi connectivity index (χ3n) is 9.71. The summed E-state index contributed by atoms with van der Waals surface area (Å²) in [6, 6.07) is 8.04. The smallest absolute Gasteiger partial charge is 0.281 e. The van der Waals surface area contributed by atoms with Gasteiger partial charge < -0.3 is 10.2 Å². The molecule has 1 N–H and O–H groups in total. The summed E-state index contributed by atoms with van der Waals surface area (Å²) in [7, 11) is -3.75. The Morgan fingerprint density at radius 1 is 0.935 bits per heavy atom. The van der Waals surface area contributed by atoms with Gasteiger partial charge in [0.15, 0.2) is 0 Å². The number of rotatable bonds is 7. The first kappa shape index (κ1) is 32.6. The molecule has 3 aliphatic rings. The third kappa shape index (κ3) is 6.44. The highest BCUT2D eigenvalue weighted by molar-refractivity contribution is 7.89. The zero-order chi connectivity index (χ0) is 32.6. The predicted molar refractivity (Wildman–Crippen MR) is 178 cm³/mol. The molecule has 1 aliphatic heterocycles. The fourth-order valence-electron chi connectivity index (χ4n) is 7.36. The van der Waals surface area contributed by atoms with Crippen molar-refractivity contribution in [1.29, 1.82) is 0 Å². The molecule has 0 bridgehead atoms. The van der Waals surface area contributed by atoms with Gasteiger partial charge in [0.05, 0.1) is 22.7 Å². The molecule has 0 atom stereocenters. The van der Waals surface area contributed by atoms with Crippen molar-refractivity contribution in [1.82, 2.24) is 19.0 Å². The number of fused-ring (bicyclic) bond motifs is 1. The van der Waals surface area contributed by atoms with Crippen molar-refractivity contribution in [3.63, 3.8) is 0 Å². The van der Waals surface area contributed by atoms with Gasteiger partial charge in [-0.1, -0.05) is 38.5 Å². The Kier molecular flexibility index (Phi) is 9.50. The molecule has 46 heavy (non-hydrogen) atoms. The average Bonchev–Trinajstić information content (AvgIpc) is 3.59. The molecule has 246 valence electrons. The van der Waals surface area contributed by atoms with E-state index in [1.165, 1.54) is 35.1 Å². The molecule has 2 aliphatic carbocycles. The van der Waals surface area contributed by atoms with Crippen LogP contribution in [-0.4, -0.2) is 63.8 Å². The van der Waals surface area contributed by atoms with Crippen LogP contribution >= 0.6 is 11.3 Å². The topological polar surface area (TPSA) is 122 Å². The van der Waals surface area contributed by atoms with Crippen molar-refractivity contribution in [3.05, 3.63) is 63.3 Å². The molecule has 0 unspecified atom stereocenters. The number of aryl methyl sites for hydroxylation is 2. The number of anilines is 1. The summed E-state index contributed by atoms with van der Waals surface area (Å²) < 4.78 is 31.4. The second-order valence-electron chi connectivity index (χ2n) is 12.9. The highest BCUT2D eigenvalue weighted by Crippen LogP contribution is 2.39. The first-order chi connectivity index (χ1) is 22.0. The van der Waals surface area contributed by atoms with Crippen molar-refractivity contribution < 1.29 is 22.8 Å². The Hall–Kier alpha value is -3.35. The Balaban J connectivity index is 1.27. The fraction of sp³-hybridized carbons (Fsp3) is 0.529. The summed E-state index contributed by atoms with van der Waals surface area (Å²) in [6.07, 6.45) is 10.5. The Morgan fingerprint density at radius 3 is 2.09 bits per heavy atom. The summed E-state index contributed by atoms with van der Waals surface area (Å²) >= 11 is 1.29. The SMILES string of the molecule is CC(=O)N1CCc2c(sc(NC(=O)c3ccc(S(=O)(=O)N(C4CCCCC4)C4CCCCC4)cc3)c2C(=O)n2nc(C)cc2C)C1. The molecule has 2 aromatic heterocycles. The summed E-state index contributed by atoms with van der Waals surface area (Å²) in [6.45, 7) is 6.01. The van der Waals surface area contributed by atoms with Gasteiger partial charge in [-0.15, -0.1) is 11.3 Å². The van der Waals surface area contributed by atoms with Crippen LogP contribution < -0.4 is 5.32 Å². The Bertz CT molecular complexity index is 1710. The minimum Gasteiger partial charge on any atom is -0.337 e. The fourth-order valence-corrected chi connectivity index (χ4v) is 10.5. The van der Waals surface area contributed by atoms with Crippen molar-refractivity contribution in [2.24, 2.45) is 0 Å². The first-order valence-corrected chi connectivity index (χ1v) is 18.7. The second-order valence-corrected chi connectivity index (χ2v) is 15.9. The normalized spacial score (nSPS) is 18.0. The average molecular weight is 666 g/mol. The van der Waals surface area contributed by atoms with Crippen LogP contribution in [0.2, 0.25) is 0 Å². The van der Waals surface area contributed by atoms with Crippen LogP contribution in [0.1, 0.15) is 114 Å². The van der Waals surface area contributed by atoms with Crippen LogP contribution in [0, 0.1) is 13.8 Å². The highest BCUT2D eigenvalue weighted by Gasteiger charge is 2.38. The van der Waals surface area contributed by atoms with E-state index in [4.69, 9.17) is 0 Å². The van der Waals surface area contributed by atoms with E-state index in [2.05, 4.69) is 10.4 Å². The minimum absolute atomic E-state index is 0.0202. The number of sulfonamides is 1. The molecule has 10 nitrogen and oxygen atoms in total. The van der Waals surface area contributed by atoms with Gasteiger partial charge in [0.2, 0.25) is 15.9 Å². The van der Waals surface area contributed by atoms with Crippen LogP contribution in [-0.2, 0) is 27.8 Å². The number of amides is 2. The van der Waals surface area contributed by atoms with E-state index in [9.17, 15) is 22.8 Å². The lowest BCUT2D eigenvalue weighted by Gasteiger charge is -2.40. The minimum atomic E-state index is -3.75. The molecular weight excluding hydrogens is 623 g/mol. The molecule has 2 amide bonds. The van der Waals surface area contributed by atoms with Crippen molar-refractivity contribution in [2.75, 3.05) is 11.9 Å². The van der Waals surface area contributed by atoms with E-state index in [-0.39, 0.29) is 28.8 Å². The molecule has 3 heterocycles. The molecule has 2 saturated carbocycles. The molecule has 1 aromatic carbocycles. The number of thiophene rings is 1. The van der Waals surface area contributed by atoms with Crippen molar-refractivity contribution >= 4 is 44.1 Å². The van der Waals surface area contributed by atoms with E-state index >= 15 is 0 Å². The molecular formula is C34H43N5O5S2. The van der Waals surface area contributed by atoms with Gasteiger partial charge in [-0.3, -0.25) is 14.4 Å². The number of nitrogens with one attached hydrogen (secondary N) is 1. The molecule has 12 heteroatoms. The highest BCUT2D eigenvalue weighted by atomic mass is 32.2. The Labute approximate surface area is 275 Å². The molecule has 2 fully saturated rings. The van der Waals surface area contributed by atoms with E-state index < -0.39 is 15.9 Å².